The fraction of sp³-hybridized carbons (Fsp3) is 0.429. The quantitative estimate of drug-likeness (QED) is 0.831. The summed E-state index contributed by atoms with van der Waals surface area (Å²) >= 11 is 0. The predicted octanol–water partition coefficient (Wildman–Crippen LogP) is 2.26. The van der Waals surface area contributed by atoms with Crippen molar-refractivity contribution in [2.75, 3.05) is 13.1 Å². The Labute approximate surface area is 111 Å². The van der Waals surface area contributed by atoms with Gasteiger partial charge in [-0.05, 0) is 25.8 Å². The maximum absolute atomic E-state index is 12.3. The Morgan fingerprint density at radius 3 is 3.11 bits per heavy atom. The number of amides is 1. The zero-order chi connectivity index (χ0) is 13.2. The molecule has 5 heteroatoms. The molecule has 1 saturated heterocycles. The van der Waals surface area contributed by atoms with Gasteiger partial charge in [-0.25, -0.2) is 4.98 Å². The van der Waals surface area contributed by atoms with Crippen LogP contribution >= 0.6 is 0 Å². The molecule has 0 saturated carbocycles. The lowest BCUT2D eigenvalue weighted by atomic mass is 10.0. The largest absolute Gasteiger partial charge is 0.472 e. The monoisotopic (exact) mass is 259 g/mol. The first-order valence-electron chi connectivity index (χ1n) is 6.56. The third-order valence-corrected chi connectivity index (χ3v) is 3.71. The SMILES string of the molecule is Cc1nccn1[C@H]1CCCN(C(=O)c2ccoc2)C1. The van der Waals surface area contributed by atoms with Crippen molar-refractivity contribution >= 4 is 5.91 Å². The molecule has 0 aromatic carbocycles. The van der Waals surface area contributed by atoms with E-state index in [9.17, 15) is 4.79 Å². The summed E-state index contributed by atoms with van der Waals surface area (Å²) in [7, 11) is 0. The molecule has 0 bridgehead atoms. The van der Waals surface area contributed by atoms with E-state index in [0.29, 0.717) is 11.6 Å². The Kier molecular flexibility index (Phi) is 3.11. The second-order valence-electron chi connectivity index (χ2n) is 4.94. The highest BCUT2D eigenvalue weighted by atomic mass is 16.3. The number of imidazole rings is 1. The Morgan fingerprint density at radius 1 is 1.53 bits per heavy atom. The molecule has 0 radical (unpaired) electrons. The fourth-order valence-electron chi connectivity index (χ4n) is 2.71. The summed E-state index contributed by atoms with van der Waals surface area (Å²) in [6.07, 6.45) is 8.96. The minimum Gasteiger partial charge on any atom is -0.472 e. The lowest BCUT2D eigenvalue weighted by Crippen LogP contribution is -2.40. The molecule has 5 nitrogen and oxygen atoms in total. The van der Waals surface area contributed by atoms with E-state index in [0.717, 1.165) is 31.8 Å². The number of rotatable bonds is 2. The number of furan rings is 1. The van der Waals surface area contributed by atoms with Crippen LogP contribution in [0.15, 0.2) is 35.4 Å². The number of likely N-dealkylation sites (tertiary alicyclic amines) is 1. The Balaban J connectivity index is 1.75. The molecule has 3 heterocycles. The van der Waals surface area contributed by atoms with E-state index >= 15 is 0 Å². The average Bonchev–Trinajstić information content (AvgIpc) is 3.09. The molecule has 0 unspecified atom stereocenters. The van der Waals surface area contributed by atoms with Gasteiger partial charge < -0.3 is 13.9 Å². The second-order valence-corrected chi connectivity index (χ2v) is 4.94. The molecule has 0 spiro atoms. The third-order valence-electron chi connectivity index (χ3n) is 3.71. The summed E-state index contributed by atoms with van der Waals surface area (Å²) in [5.74, 6) is 1.05. The molecule has 1 aliphatic rings. The van der Waals surface area contributed by atoms with Crippen LogP contribution in [-0.2, 0) is 0 Å². The van der Waals surface area contributed by atoms with Crippen LogP contribution < -0.4 is 0 Å². The van der Waals surface area contributed by atoms with Gasteiger partial charge in [0, 0.05) is 25.5 Å². The molecule has 1 amide bonds. The van der Waals surface area contributed by atoms with Gasteiger partial charge >= 0.3 is 0 Å². The molecule has 19 heavy (non-hydrogen) atoms. The zero-order valence-electron chi connectivity index (χ0n) is 11.0. The van der Waals surface area contributed by atoms with Crippen LogP contribution in [0.3, 0.4) is 0 Å². The van der Waals surface area contributed by atoms with Crippen molar-refractivity contribution in [2.24, 2.45) is 0 Å². The Hall–Kier alpha value is -2.04. The van der Waals surface area contributed by atoms with Gasteiger partial charge in [0.15, 0.2) is 0 Å². The minimum atomic E-state index is 0.0521. The third kappa shape index (κ3) is 2.28. The van der Waals surface area contributed by atoms with Gasteiger partial charge in [-0.3, -0.25) is 4.79 Å². The van der Waals surface area contributed by atoms with Crippen LogP contribution in [0, 0.1) is 6.92 Å². The minimum absolute atomic E-state index is 0.0521. The molecular weight excluding hydrogens is 242 g/mol. The van der Waals surface area contributed by atoms with Crippen LogP contribution in [0.2, 0.25) is 0 Å². The first-order valence-corrected chi connectivity index (χ1v) is 6.56. The van der Waals surface area contributed by atoms with Crippen LogP contribution in [0.1, 0.15) is 35.1 Å². The van der Waals surface area contributed by atoms with E-state index < -0.39 is 0 Å². The van der Waals surface area contributed by atoms with Gasteiger partial charge in [0.2, 0.25) is 0 Å². The molecule has 0 N–H and O–H groups in total. The molecule has 1 fully saturated rings. The van der Waals surface area contributed by atoms with Crippen molar-refractivity contribution < 1.29 is 9.21 Å². The molecule has 100 valence electrons. The second kappa shape index (κ2) is 4.91. The summed E-state index contributed by atoms with van der Waals surface area (Å²) in [5, 5.41) is 0. The molecule has 1 atom stereocenters. The van der Waals surface area contributed by atoms with Crippen molar-refractivity contribution in [3.8, 4) is 0 Å². The normalized spacial score (nSPS) is 19.6. The van der Waals surface area contributed by atoms with Gasteiger partial charge in [-0.2, -0.15) is 0 Å². The lowest BCUT2D eigenvalue weighted by molar-refractivity contribution is 0.0677. The van der Waals surface area contributed by atoms with Crippen molar-refractivity contribution in [3.63, 3.8) is 0 Å². The highest BCUT2D eigenvalue weighted by Crippen LogP contribution is 2.23. The molecule has 2 aromatic rings. The van der Waals surface area contributed by atoms with Crippen molar-refractivity contribution in [3.05, 3.63) is 42.4 Å². The summed E-state index contributed by atoms with van der Waals surface area (Å²) < 4.78 is 7.14. The number of hydrogen-bond acceptors (Lipinski definition) is 3. The molecule has 2 aromatic heterocycles. The number of nitrogens with zero attached hydrogens (tertiary/aromatic N) is 3. The molecule has 1 aliphatic heterocycles. The highest BCUT2D eigenvalue weighted by Gasteiger charge is 2.26. The van der Waals surface area contributed by atoms with Gasteiger partial charge in [-0.15, -0.1) is 0 Å². The van der Waals surface area contributed by atoms with Crippen LogP contribution in [0.25, 0.3) is 0 Å². The van der Waals surface area contributed by atoms with Crippen molar-refractivity contribution in [2.45, 2.75) is 25.8 Å². The highest BCUT2D eigenvalue weighted by molar-refractivity contribution is 5.93. The van der Waals surface area contributed by atoms with Crippen molar-refractivity contribution in [1.82, 2.24) is 14.5 Å². The number of carbonyl (C=O) groups excluding carboxylic acids is 1. The summed E-state index contributed by atoms with van der Waals surface area (Å²) in [6.45, 7) is 3.55. The van der Waals surface area contributed by atoms with E-state index in [4.69, 9.17) is 4.42 Å². The number of piperidine rings is 1. The lowest BCUT2D eigenvalue weighted by Gasteiger charge is -2.33. The first kappa shape index (κ1) is 12.0. The summed E-state index contributed by atoms with van der Waals surface area (Å²) in [5.41, 5.74) is 0.628. The average molecular weight is 259 g/mol. The van der Waals surface area contributed by atoms with E-state index in [2.05, 4.69) is 9.55 Å². The van der Waals surface area contributed by atoms with E-state index in [1.807, 2.05) is 24.2 Å². The first-order chi connectivity index (χ1) is 9.25. The summed E-state index contributed by atoms with van der Waals surface area (Å²) in [4.78, 5) is 18.5. The summed E-state index contributed by atoms with van der Waals surface area (Å²) in [6, 6.07) is 2.04. The van der Waals surface area contributed by atoms with Gasteiger partial charge in [0.25, 0.3) is 5.91 Å². The van der Waals surface area contributed by atoms with Crippen LogP contribution in [-0.4, -0.2) is 33.4 Å². The van der Waals surface area contributed by atoms with E-state index in [1.165, 1.54) is 12.5 Å². The maximum atomic E-state index is 12.3. The molecule has 0 aliphatic carbocycles. The maximum Gasteiger partial charge on any atom is 0.257 e. The predicted molar refractivity (Wildman–Crippen MR) is 69.8 cm³/mol. The smallest absolute Gasteiger partial charge is 0.257 e. The Morgan fingerprint density at radius 2 is 2.42 bits per heavy atom. The molecule has 3 rings (SSSR count). The number of aryl methyl sites for hydroxylation is 1. The Bertz CT molecular complexity index is 559. The topological polar surface area (TPSA) is 51.3 Å². The van der Waals surface area contributed by atoms with E-state index in [1.54, 1.807) is 6.07 Å². The zero-order valence-corrected chi connectivity index (χ0v) is 11.0. The van der Waals surface area contributed by atoms with Crippen LogP contribution in [0.4, 0.5) is 0 Å². The number of hydrogen-bond donors (Lipinski definition) is 0. The number of aromatic nitrogens is 2. The van der Waals surface area contributed by atoms with E-state index in [-0.39, 0.29) is 5.91 Å². The fourth-order valence-corrected chi connectivity index (χ4v) is 2.71. The number of carbonyl (C=O) groups is 1. The van der Waals surface area contributed by atoms with Gasteiger partial charge in [0.1, 0.15) is 12.1 Å². The van der Waals surface area contributed by atoms with Gasteiger partial charge in [-0.1, -0.05) is 0 Å². The molecular formula is C14H17N3O2. The standard InChI is InChI=1S/C14H17N3O2/c1-11-15-5-7-17(11)13-3-2-6-16(9-13)14(18)12-4-8-19-10-12/h4-5,7-8,10,13H,2-3,6,9H2,1H3/t13-/m0/s1. The van der Waals surface area contributed by atoms with Crippen LogP contribution in [0.5, 0.6) is 0 Å². The van der Waals surface area contributed by atoms with Gasteiger partial charge in [0.05, 0.1) is 17.9 Å². The van der Waals surface area contributed by atoms with Crippen molar-refractivity contribution in [1.29, 1.82) is 0 Å².